The Bertz CT molecular complexity index is 677. The first-order valence-electron chi connectivity index (χ1n) is 6.19. The van der Waals surface area contributed by atoms with Crippen LogP contribution in [0, 0.1) is 18.6 Å². The second-order valence-corrected chi connectivity index (χ2v) is 5.54. The van der Waals surface area contributed by atoms with Gasteiger partial charge in [0.25, 0.3) is 0 Å². The number of hydrogen-bond acceptors (Lipinski definition) is 3. The van der Waals surface area contributed by atoms with Crippen LogP contribution in [0.3, 0.4) is 0 Å². The number of hydrogen-bond donors (Lipinski definition) is 2. The van der Waals surface area contributed by atoms with Crippen LogP contribution in [-0.4, -0.2) is 11.7 Å². The molecule has 110 valence electrons. The van der Waals surface area contributed by atoms with E-state index in [4.69, 9.17) is 5.73 Å². The minimum Gasteiger partial charge on any atom is -0.399 e. The fourth-order valence-corrected chi connectivity index (χ4v) is 2.45. The van der Waals surface area contributed by atoms with E-state index < -0.39 is 11.6 Å². The van der Waals surface area contributed by atoms with Crippen LogP contribution in [0.15, 0.2) is 41.3 Å². The second-order valence-electron chi connectivity index (χ2n) is 4.49. The molecule has 0 saturated carbocycles. The number of aryl methyl sites for hydroxylation is 1. The van der Waals surface area contributed by atoms with Crippen LogP contribution >= 0.6 is 11.8 Å². The molecule has 2 aromatic rings. The minimum absolute atomic E-state index is 0.106. The average molecular weight is 308 g/mol. The van der Waals surface area contributed by atoms with Crippen molar-refractivity contribution in [2.45, 2.75) is 11.8 Å². The zero-order valence-electron chi connectivity index (χ0n) is 11.3. The van der Waals surface area contributed by atoms with Crippen molar-refractivity contribution in [3.63, 3.8) is 0 Å². The van der Waals surface area contributed by atoms with Gasteiger partial charge >= 0.3 is 0 Å². The highest BCUT2D eigenvalue weighted by Gasteiger charge is 2.08. The van der Waals surface area contributed by atoms with Crippen molar-refractivity contribution >= 4 is 29.0 Å². The molecule has 3 nitrogen and oxygen atoms in total. The predicted octanol–water partition coefficient (Wildman–Crippen LogP) is 3.59. The van der Waals surface area contributed by atoms with Gasteiger partial charge in [0, 0.05) is 16.3 Å². The molecule has 0 heterocycles. The highest BCUT2D eigenvalue weighted by atomic mass is 32.2. The Labute approximate surface area is 125 Å². The Morgan fingerprint density at radius 3 is 2.62 bits per heavy atom. The number of carbonyl (C=O) groups is 1. The second kappa shape index (κ2) is 6.58. The number of benzene rings is 2. The first-order valence-corrected chi connectivity index (χ1v) is 7.18. The molecule has 0 unspecified atom stereocenters. The van der Waals surface area contributed by atoms with Crippen LogP contribution in [0.2, 0.25) is 0 Å². The zero-order valence-corrected chi connectivity index (χ0v) is 12.1. The monoisotopic (exact) mass is 308 g/mol. The highest BCUT2D eigenvalue weighted by Crippen LogP contribution is 2.22. The fourth-order valence-electron chi connectivity index (χ4n) is 1.73. The van der Waals surface area contributed by atoms with Crippen LogP contribution in [0.5, 0.6) is 0 Å². The summed E-state index contributed by atoms with van der Waals surface area (Å²) in [4.78, 5) is 12.3. The van der Waals surface area contributed by atoms with Crippen molar-refractivity contribution in [1.29, 1.82) is 0 Å². The van der Waals surface area contributed by atoms with Crippen LogP contribution in [0.4, 0.5) is 20.2 Å². The molecule has 0 atom stereocenters. The Kier molecular flexibility index (Phi) is 4.80. The molecule has 0 aliphatic rings. The van der Waals surface area contributed by atoms with Gasteiger partial charge in [-0.05, 0) is 48.9 Å². The standard InChI is InChI=1S/C15H14F2N2OS/c1-9-6-10(18)2-5-14(9)19-15(20)8-21-11-3-4-12(16)13(17)7-11/h2-7H,8,18H2,1H3,(H,19,20). The summed E-state index contributed by atoms with van der Waals surface area (Å²) in [6.07, 6.45) is 0. The summed E-state index contributed by atoms with van der Waals surface area (Å²) in [7, 11) is 0. The SMILES string of the molecule is Cc1cc(N)ccc1NC(=O)CSc1ccc(F)c(F)c1. The van der Waals surface area contributed by atoms with E-state index in [-0.39, 0.29) is 11.7 Å². The molecule has 0 aromatic heterocycles. The number of nitrogens with two attached hydrogens (primary N) is 1. The first kappa shape index (κ1) is 15.3. The van der Waals surface area contributed by atoms with E-state index >= 15 is 0 Å². The Morgan fingerprint density at radius 1 is 1.19 bits per heavy atom. The van der Waals surface area contributed by atoms with Crippen molar-refractivity contribution in [3.05, 3.63) is 53.6 Å². The van der Waals surface area contributed by atoms with Crippen molar-refractivity contribution in [3.8, 4) is 0 Å². The predicted molar refractivity (Wildman–Crippen MR) is 81.3 cm³/mol. The fraction of sp³-hybridized carbons (Fsp3) is 0.133. The van der Waals surface area contributed by atoms with Crippen LogP contribution in [0.1, 0.15) is 5.56 Å². The molecule has 0 aliphatic carbocycles. The highest BCUT2D eigenvalue weighted by molar-refractivity contribution is 8.00. The number of anilines is 2. The van der Waals surface area contributed by atoms with E-state index in [0.717, 1.165) is 29.5 Å². The van der Waals surface area contributed by atoms with E-state index in [2.05, 4.69) is 5.32 Å². The van der Waals surface area contributed by atoms with Crippen LogP contribution in [0.25, 0.3) is 0 Å². The van der Waals surface area contributed by atoms with Crippen molar-refractivity contribution in [2.24, 2.45) is 0 Å². The molecule has 2 rings (SSSR count). The molecule has 0 spiro atoms. The van der Waals surface area contributed by atoms with Crippen LogP contribution < -0.4 is 11.1 Å². The van der Waals surface area contributed by atoms with Gasteiger partial charge in [-0.3, -0.25) is 4.79 Å². The van der Waals surface area contributed by atoms with E-state index in [1.165, 1.54) is 6.07 Å². The summed E-state index contributed by atoms with van der Waals surface area (Å²) in [6.45, 7) is 1.84. The molecule has 6 heteroatoms. The Morgan fingerprint density at radius 2 is 1.95 bits per heavy atom. The Balaban J connectivity index is 1.94. The van der Waals surface area contributed by atoms with Crippen molar-refractivity contribution < 1.29 is 13.6 Å². The van der Waals surface area contributed by atoms with Gasteiger partial charge in [-0.2, -0.15) is 0 Å². The summed E-state index contributed by atoms with van der Waals surface area (Å²) in [5, 5.41) is 2.75. The minimum atomic E-state index is -0.921. The lowest BCUT2D eigenvalue weighted by molar-refractivity contribution is -0.113. The Hall–Kier alpha value is -2.08. The van der Waals surface area contributed by atoms with Gasteiger partial charge in [0.15, 0.2) is 11.6 Å². The molecule has 21 heavy (non-hydrogen) atoms. The lowest BCUT2D eigenvalue weighted by Gasteiger charge is -2.09. The summed E-state index contributed by atoms with van der Waals surface area (Å²) < 4.78 is 25.8. The third-order valence-electron chi connectivity index (χ3n) is 2.79. The summed E-state index contributed by atoms with van der Waals surface area (Å²) in [5.74, 6) is -1.94. The van der Waals surface area contributed by atoms with Gasteiger partial charge in [0.05, 0.1) is 5.75 Å². The summed E-state index contributed by atoms with van der Waals surface area (Å²) >= 11 is 1.14. The average Bonchev–Trinajstić information content (AvgIpc) is 2.43. The smallest absolute Gasteiger partial charge is 0.234 e. The molecular weight excluding hydrogens is 294 g/mol. The van der Waals surface area contributed by atoms with Gasteiger partial charge in [-0.25, -0.2) is 8.78 Å². The van der Waals surface area contributed by atoms with Crippen molar-refractivity contribution in [1.82, 2.24) is 0 Å². The molecule has 1 amide bonds. The van der Waals surface area contributed by atoms with Gasteiger partial charge in [0.1, 0.15) is 0 Å². The first-order chi connectivity index (χ1) is 9.95. The van der Waals surface area contributed by atoms with Gasteiger partial charge in [-0.15, -0.1) is 11.8 Å². The maximum Gasteiger partial charge on any atom is 0.234 e. The number of thioether (sulfide) groups is 1. The normalized spacial score (nSPS) is 10.4. The number of rotatable bonds is 4. The molecule has 0 bridgehead atoms. The van der Waals surface area contributed by atoms with E-state index in [9.17, 15) is 13.6 Å². The maximum atomic E-state index is 13.0. The third kappa shape index (κ3) is 4.19. The van der Waals surface area contributed by atoms with E-state index in [1.807, 2.05) is 6.92 Å². The number of nitrogens with one attached hydrogen (secondary N) is 1. The van der Waals surface area contributed by atoms with Gasteiger partial charge < -0.3 is 11.1 Å². The maximum absolute atomic E-state index is 13.0. The van der Waals surface area contributed by atoms with Gasteiger partial charge in [0.2, 0.25) is 5.91 Å². The van der Waals surface area contributed by atoms with Crippen LogP contribution in [-0.2, 0) is 4.79 Å². The van der Waals surface area contributed by atoms with E-state index in [0.29, 0.717) is 16.3 Å². The lowest BCUT2D eigenvalue weighted by Crippen LogP contribution is -2.14. The molecule has 3 N–H and O–H groups in total. The molecule has 0 radical (unpaired) electrons. The van der Waals surface area contributed by atoms with Gasteiger partial charge in [-0.1, -0.05) is 0 Å². The molecule has 0 fully saturated rings. The zero-order chi connectivity index (χ0) is 15.4. The third-order valence-corrected chi connectivity index (χ3v) is 3.78. The summed E-state index contributed by atoms with van der Waals surface area (Å²) in [5.41, 5.74) is 7.81. The van der Waals surface area contributed by atoms with Crippen molar-refractivity contribution in [2.75, 3.05) is 16.8 Å². The summed E-state index contributed by atoms with van der Waals surface area (Å²) in [6, 6.07) is 8.74. The molecule has 2 aromatic carbocycles. The topological polar surface area (TPSA) is 55.1 Å². The molecule has 0 saturated heterocycles. The number of carbonyl (C=O) groups excluding carboxylic acids is 1. The quantitative estimate of drug-likeness (QED) is 0.670. The molecule has 0 aliphatic heterocycles. The number of halogens is 2. The van der Waals surface area contributed by atoms with E-state index in [1.54, 1.807) is 18.2 Å². The number of amides is 1. The number of nitrogen functional groups attached to an aromatic ring is 1. The largest absolute Gasteiger partial charge is 0.399 e. The molecular formula is C15H14F2N2OS. The lowest BCUT2D eigenvalue weighted by atomic mass is 10.2.